The number of hydrazine groups is 1. The van der Waals surface area contributed by atoms with Gasteiger partial charge in [-0.3, -0.25) is 4.79 Å². The van der Waals surface area contributed by atoms with Crippen molar-refractivity contribution in [2.45, 2.75) is 38.8 Å². The third-order valence-corrected chi connectivity index (χ3v) is 6.04. The lowest BCUT2D eigenvalue weighted by Gasteiger charge is -2.31. The molecule has 11 heteroatoms. The van der Waals surface area contributed by atoms with E-state index in [1.807, 2.05) is 37.1 Å². The minimum atomic E-state index is -4.31. The number of guanidine groups is 1. The van der Waals surface area contributed by atoms with Crippen LogP contribution >= 0.6 is 15.9 Å². The van der Waals surface area contributed by atoms with Gasteiger partial charge in [0.1, 0.15) is 11.8 Å². The zero-order valence-corrected chi connectivity index (χ0v) is 18.6. The van der Waals surface area contributed by atoms with Crippen molar-refractivity contribution in [3.05, 3.63) is 28.2 Å². The molecule has 2 N–H and O–H groups in total. The van der Waals surface area contributed by atoms with Crippen molar-refractivity contribution in [2.24, 2.45) is 20.4 Å². The highest BCUT2D eigenvalue weighted by Crippen LogP contribution is 2.42. The molecular weight excluding hydrogens is 477 g/mol. The highest BCUT2D eigenvalue weighted by atomic mass is 79.9. The molecule has 166 valence electrons. The van der Waals surface area contributed by atoms with E-state index in [0.717, 1.165) is 23.0 Å². The number of nitrogens with one attached hydrogen (secondary N) is 2. The highest BCUT2D eigenvalue weighted by Gasteiger charge is 2.52. The van der Waals surface area contributed by atoms with E-state index in [2.05, 4.69) is 41.6 Å². The number of alkyl halides is 3. The summed E-state index contributed by atoms with van der Waals surface area (Å²) in [6.07, 6.45) is -4.47. The first-order chi connectivity index (χ1) is 14.6. The molecule has 2 unspecified atom stereocenters. The molecule has 1 saturated heterocycles. The number of benzene rings is 1. The lowest BCUT2D eigenvalue weighted by molar-refractivity contribution is -0.132. The monoisotopic (exact) mass is 498 g/mol. The Morgan fingerprint density at radius 1 is 1.35 bits per heavy atom. The molecule has 0 spiro atoms. The fraction of sp³-hybridized carbons (Fsp3) is 0.500. The first kappa shape index (κ1) is 21.9. The zero-order chi connectivity index (χ0) is 22.4. The predicted molar refractivity (Wildman–Crippen MR) is 116 cm³/mol. The molecule has 0 saturated carbocycles. The Morgan fingerprint density at radius 2 is 2.13 bits per heavy atom. The minimum Gasteiger partial charge on any atom is -0.325 e. The van der Waals surface area contributed by atoms with Gasteiger partial charge in [-0.25, -0.2) is 15.0 Å². The zero-order valence-electron chi connectivity index (χ0n) is 17.1. The van der Waals surface area contributed by atoms with E-state index in [1.165, 1.54) is 0 Å². The largest absolute Gasteiger partial charge is 0.390 e. The SMILES string of the molecule is CCCN1CC2(C)C(=NC(=NCCC(F)(F)F)N=C2C2C(=O)Nc3ccc(Br)cc32)N1. The van der Waals surface area contributed by atoms with Crippen molar-refractivity contribution in [3.63, 3.8) is 0 Å². The van der Waals surface area contributed by atoms with Crippen molar-refractivity contribution in [3.8, 4) is 0 Å². The smallest absolute Gasteiger partial charge is 0.325 e. The van der Waals surface area contributed by atoms with Gasteiger partial charge >= 0.3 is 6.18 Å². The number of fused-ring (bicyclic) bond motifs is 2. The van der Waals surface area contributed by atoms with Crippen LogP contribution in [0.5, 0.6) is 0 Å². The number of anilines is 1. The maximum atomic E-state index is 13.0. The van der Waals surface area contributed by atoms with Crippen LogP contribution in [0.25, 0.3) is 0 Å². The number of rotatable bonds is 5. The molecule has 31 heavy (non-hydrogen) atoms. The molecule has 0 radical (unpaired) electrons. The van der Waals surface area contributed by atoms with Gasteiger partial charge in [0, 0.05) is 23.2 Å². The molecule has 3 aliphatic rings. The van der Waals surface area contributed by atoms with Crippen molar-refractivity contribution in [1.29, 1.82) is 0 Å². The van der Waals surface area contributed by atoms with Crippen LogP contribution < -0.4 is 10.7 Å². The molecular formula is C20H22BrF3N6O. The van der Waals surface area contributed by atoms with Gasteiger partial charge in [-0.05, 0) is 37.1 Å². The van der Waals surface area contributed by atoms with Gasteiger partial charge < -0.3 is 10.7 Å². The molecule has 0 bridgehead atoms. The molecule has 7 nitrogen and oxygen atoms in total. The van der Waals surface area contributed by atoms with Crippen LogP contribution in [0.1, 0.15) is 38.2 Å². The number of nitrogens with zero attached hydrogens (tertiary/aromatic N) is 4. The van der Waals surface area contributed by atoms with E-state index in [0.29, 0.717) is 23.8 Å². The van der Waals surface area contributed by atoms with Crippen LogP contribution in [0.2, 0.25) is 0 Å². The maximum absolute atomic E-state index is 13.0. The van der Waals surface area contributed by atoms with Crippen molar-refractivity contribution < 1.29 is 18.0 Å². The number of carbonyl (C=O) groups is 1. The van der Waals surface area contributed by atoms with Gasteiger partial charge in [0.2, 0.25) is 11.9 Å². The molecule has 0 aromatic heterocycles. The Morgan fingerprint density at radius 3 is 2.84 bits per heavy atom. The highest BCUT2D eigenvalue weighted by molar-refractivity contribution is 9.10. The summed E-state index contributed by atoms with van der Waals surface area (Å²) in [7, 11) is 0. The summed E-state index contributed by atoms with van der Waals surface area (Å²) >= 11 is 3.45. The summed E-state index contributed by atoms with van der Waals surface area (Å²) in [5.74, 6) is -0.404. The summed E-state index contributed by atoms with van der Waals surface area (Å²) < 4.78 is 38.6. The number of amides is 1. The molecule has 3 aliphatic heterocycles. The van der Waals surface area contributed by atoms with E-state index >= 15 is 0 Å². The van der Waals surface area contributed by atoms with E-state index < -0.39 is 30.5 Å². The Hall–Kier alpha value is -2.27. The summed E-state index contributed by atoms with van der Waals surface area (Å²) in [6, 6.07) is 5.51. The van der Waals surface area contributed by atoms with E-state index in [4.69, 9.17) is 0 Å². The molecule has 1 fully saturated rings. The van der Waals surface area contributed by atoms with Crippen LogP contribution in [0.15, 0.2) is 37.6 Å². The first-order valence-corrected chi connectivity index (χ1v) is 10.8. The van der Waals surface area contributed by atoms with Gasteiger partial charge in [-0.15, -0.1) is 0 Å². The normalized spacial score (nSPS) is 26.8. The molecule has 0 aliphatic carbocycles. The van der Waals surface area contributed by atoms with Gasteiger partial charge in [-0.2, -0.15) is 18.2 Å². The average molecular weight is 499 g/mol. The molecule has 1 aromatic carbocycles. The number of halogens is 4. The Kier molecular flexibility index (Phi) is 5.67. The predicted octanol–water partition coefficient (Wildman–Crippen LogP) is 3.88. The van der Waals surface area contributed by atoms with Crippen LogP contribution in [0.3, 0.4) is 0 Å². The van der Waals surface area contributed by atoms with Gasteiger partial charge in [-0.1, -0.05) is 22.9 Å². The second-order valence-corrected chi connectivity index (χ2v) is 8.94. The number of amidine groups is 1. The Labute approximate surface area is 186 Å². The summed E-state index contributed by atoms with van der Waals surface area (Å²) in [6.45, 7) is 4.82. The molecule has 1 aromatic rings. The lowest BCUT2D eigenvalue weighted by atomic mass is 9.75. The number of hydrogen-bond donors (Lipinski definition) is 2. The molecule has 4 rings (SSSR count). The molecule has 1 amide bonds. The second-order valence-electron chi connectivity index (χ2n) is 8.02. The number of hydrogen-bond acceptors (Lipinski definition) is 4. The minimum absolute atomic E-state index is 0.0474. The van der Waals surface area contributed by atoms with Crippen LogP contribution in [0.4, 0.5) is 18.9 Å². The quantitative estimate of drug-likeness (QED) is 0.646. The Bertz CT molecular complexity index is 1010. The fourth-order valence-electron chi connectivity index (χ4n) is 4.12. The van der Waals surface area contributed by atoms with Crippen LogP contribution in [-0.4, -0.2) is 54.2 Å². The van der Waals surface area contributed by atoms with Crippen LogP contribution in [-0.2, 0) is 4.79 Å². The van der Waals surface area contributed by atoms with Crippen molar-refractivity contribution in [1.82, 2.24) is 10.4 Å². The van der Waals surface area contributed by atoms with Gasteiger partial charge in [0.15, 0.2) is 0 Å². The topological polar surface area (TPSA) is 81.5 Å². The summed E-state index contributed by atoms with van der Waals surface area (Å²) in [4.78, 5) is 25.9. The van der Waals surface area contributed by atoms with E-state index in [9.17, 15) is 18.0 Å². The van der Waals surface area contributed by atoms with Crippen molar-refractivity contribution >= 4 is 45.0 Å². The summed E-state index contributed by atoms with van der Waals surface area (Å²) in [5, 5.41) is 4.87. The third-order valence-electron chi connectivity index (χ3n) is 5.55. The number of aliphatic imine (C=N–C) groups is 3. The third kappa shape index (κ3) is 4.25. The average Bonchev–Trinajstić information content (AvgIpc) is 3.16. The van der Waals surface area contributed by atoms with Crippen molar-refractivity contribution in [2.75, 3.05) is 25.0 Å². The summed E-state index contributed by atoms with van der Waals surface area (Å²) in [5.41, 5.74) is 4.54. The Balaban J connectivity index is 1.76. The first-order valence-electron chi connectivity index (χ1n) is 10.0. The molecule has 2 atom stereocenters. The fourth-order valence-corrected chi connectivity index (χ4v) is 4.50. The van der Waals surface area contributed by atoms with E-state index in [1.54, 1.807) is 0 Å². The van der Waals surface area contributed by atoms with Gasteiger partial charge in [0.25, 0.3) is 0 Å². The lowest BCUT2D eigenvalue weighted by Crippen LogP contribution is -2.45. The van der Waals surface area contributed by atoms with Gasteiger partial charge in [0.05, 0.1) is 24.1 Å². The van der Waals surface area contributed by atoms with Crippen LogP contribution in [0, 0.1) is 5.41 Å². The standard InChI is InChI=1S/C20H22BrF3N6O/c1-3-8-30-10-19(2)15(14-12-9-11(21)4-5-13(12)26-16(14)31)27-18(28-17(19)29-30)25-7-6-20(22,23)24/h4-5,9,14H,3,6-8,10H2,1-2H3,(H,26,31)(H,25,28,29). The van der Waals surface area contributed by atoms with E-state index in [-0.39, 0.29) is 11.9 Å². The maximum Gasteiger partial charge on any atom is 0.390 e. The number of carbonyl (C=O) groups excluding carboxylic acids is 1. The second kappa shape index (κ2) is 8.01. The molecule has 3 heterocycles.